The molecular weight excluding hydrogens is 222 g/mol. The standard InChI is InChI=1S/C12H21NO4/c1-7-6-13(5-4-10(7)14)11(15)8(2)9(3)12(16)17/h7-10,14H,4-6H2,1-3H3,(H,16,17). The number of carbonyl (C=O) groups is 2. The van der Waals surface area contributed by atoms with Gasteiger partial charge in [-0.1, -0.05) is 20.8 Å². The number of amides is 1. The van der Waals surface area contributed by atoms with Gasteiger partial charge < -0.3 is 15.1 Å². The van der Waals surface area contributed by atoms with Crippen LogP contribution in [0.25, 0.3) is 0 Å². The highest BCUT2D eigenvalue weighted by Crippen LogP contribution is 2.21. The number of carbonyl (C=O) groups excluding carboxylic acids is 1. The minimum absolute atomic E-state index is 0.0556. The van der Waals surface area contributed by atoms with Crippen molar-refractivity contribution >= 4 is 11.9 Å². The molecule has 0 bridgehead atoms. The van der Waals surface area contributed by atoms with Crippen molar-refractivity contribution in [3.63, 3.8) is 0 Å². The summed E-state index contributed by atoms with van der Waals surface area (Å²) in [7, 11) is 0. The van der Waals surface area contributed by atoms with Crippen LogP contribution < -0.4 is 0 Å². The fourth-order valence-electron chi connectivity index (χ4n) is 2.05. The molecule has 1 rings (SSSR count). The molecule has 0 radical (unpaired) electrons. The normalized spacial score (nSPS) is 28.6. The molecule has 17 heavy (non-hydrogen) atoms. The number of hydrogen-bond acceptors (Lipinski definition) is 3. The average molecular weight is 243 g/mol. The first kappa shape index (κ1) is 14.0. The molecule has 0 aromatic rings. The lowest BCUT2D eigenvalue weighted by molar-refractivity contribution is -0.150. The summed E-state index contributed by atoms with van der Waals surface area (Å²) in [5.74, 6) is -2.21. The van der Waals surface area contributed by atoms with Gasteiger partial charge in [0.2, 0.25) is 5.91 Å². The number of carboxylic acids is 1. The maximum atomic E-state index is 12.1. The summed E-state index contributed by atoms with van der Waals surface area (Å²) < 4.78 is 0. The lowest BCUT2D eigenvalue weighted by atomic mass is 9.91. The molecule has 5 heteroatoms. The van der Waals surface area contributed by atoms with E-state index in [4.69, 9.17) is 5.11 Å². The third-order valence-corrected chi connectivity index (χ3v) is 3.70. The van der Waals surface area contributed by atoms with Crippen LogP contribution in [0.15, 0.2) is 0 Å². The molecule has 2 N–H and O–H groups in total. The van der Waals surface area contributed by atoms with Gasteiger partial charge in [-0.25, -0.2) is 0 Å². The second-order valence-electron chi connectivity index (χ2n) is 5.03. The average Bonchev–Trinajstić information content (AvgIpc) is 2.29. The third kappa shape index (κ3) is 3.19. The van der Waals surface area contributed by atoms with E-state index in [1.807, 2.05) is 6.92 Å². The number of aliphatic hydroxyl groups is 1. The van der Waals surface area contributed by atoms with Crippen LogP contribution in [0.5, 0.6) is 0 Å². The van der Waals surface area contributed by atoms with Gasteiger partial charge in [-0.05, 0) is 12.3 Å². The molecule has 1 saturated heterocycles. The Balaban J connectivity index is 2.61. The van der Waals surface area contributed by atoms with Crippen LogP contribution >= 0.6 is 0 Å². The van der Waals surface area contributed by atoms with Crippen LogP contribution in [0.3, 0.4) is 0 Å². The molecule has 5 nitrogen and oxygen atoms in total. The van der Waals surface area contributed by atoms with Crippen LogP contribution in [-0.2, 0) is 9.59 Å². The van der Waals surface area contributed by atoms with E-state index in [-0.39, 0.29) is 17.9 Å². The lowest BCUT2D eigenvalue weighted by Crippen LogP contribution is -2.48. The first-order valence-electron chi connectivity index (χ1n) is 6.04. The van der Waals surface area contributed by atoms with Crippen molar-refractivity contribution in [3.05, 3.63) is 0 Å². The van der Waals surface area contributed by atoms with Gasteiger partial charge >= 0.3 is 5.97 Å². The summed E-state index contributed by atoms with van der Waals surface area (Å²) in [5.41, 5.74) is 0. The molecule has 4 unspecified atom stereocenters. The largest absolute Gasteiger partial charge is 0.481 e. The molecule has 1 fully saturated rings. The summed E-state index contributed by atoms with van der Waals surface area (Å²) >= 11 is 0. The Hall–Kier alpha value is -1.10. The Labute approximate surface area is 101 Å². The van der Waals surface area contributed by atoms with Crippen LogP contribution in [0, 0.1) is 17.8 Å². The van der Waals surface area contributed by atoms with Crippen molar-refractivity contribution in [2.75, 3.05) is 13.1 Å². The fourth-order valence-corrected chi connectivity index (χ4v) is 2.05. The Morgan fingerprint density at radius 2 is 1.88 bits per heavy atom. The van der Waals surface area contributed by atoms with Crippen LogP contribution in [-0.4, -0.2) is 46.2 Å². The molecule has 1 aliphatic rings. The van der Waals surface area contributed by atoms with E-state index in [9.17, 15) is 14.7 Å². The molecule has 0 saturated carbocycles. The molecule has 1 heterocycles. The smallest absolute Gasteiger partial charge is 0.307 e. The summed E-state index contributed by atoms with van der Waals surface area (Å²) in [5, 5.41) is 18.5. The van der Waals surface area contributed by atoms with Gasteiger partial charge in [0.1, 0.15) is 0 Å². The highest BCUT2D eigenvalue weighted by Gasteiger charge is 2.33. The quantitative estimate of drug-likeness (QED) is 0.759. The zero-order valence-electron chi connectivity index (χ0n) is 10.6. The summed E-state index contributed by atoms with van der Waals surface area (Å²) in [6.07, 6.45) is 0.215. The second kappa shape index (κ2) is 5.49. The molecule has 0 aromatic carbocycles. The van der Waals surface area contributed by atoms with E-state index < -0.39 is 17.8 Å². The van der Waals surface area contributed by atoms with Crippen LogP contribution in [0.2, 0.25) is 0 Å². The number of rotatable bonds is 3. The maximum Gasteiger partial charge on any atom is 0.307 e. The Kier molecular flexibility index (Phi) is 4.51. The van der Waals surface area contributed by atoms with Crippen molar-refractivity contribution in [3.8, 4) is 0 Å². The SMILES string of the molecule is CC1CN(C(=O)C(C)C(C)C(=O)O)CCC1O. The molecule has 98 valence electrons. The van der Waals surface area contributed by atoms with Gasteiger partial charge in [-0.15, -0.1) is 0 Å². The number of hydrogen-bond donors (Lipinski definition) is 2. The fraction of sp³-hybridized carbons (Fsp3) is 0.833. The Morgan fingerprint density at radius 1 is 1.29 bits per heavy atom. The Morgan fingerprint density at radius 3 is 2.35 bits per heavy atom. The van der Waals surface area contributed by atoms with E-state index in [1.165, 1.54) is 0 Å². The lowest BCUT2D eigenvalue weighted by Gasteiger charge is -2.36. The predicted molar refractivity (Wildman–Crippen MR) is 62.3 cm³/mol. The van der Waals surface area contributed by atoms with Gasteiger partial charge in [-0.2, -0.15) is 0 Å². The molecule has 0 spiro atoms. The van der Waals surface area contributed by atoms with Crippen molar-refractivity contribution in [2.45, 2.75) is 33.3 Å². The van der Waals surface area contributed by atoms with E-state index in [2.05, 4.69) is 0 Å². The molecule has 1 amide bonds. The zero-order valence-corrected chi connectivity index (χ0v) is 10.6. The van der Waals surface area contributed by atoms with Crippen LogP contribution in [0.1, 0.15) is 27.2 Å². The summed E-state index contributed by atoms with van der Waals surface area (Å²) in [6.45, 7) is 6.12. The molecule has 1 aliphatic heterocycles. The number of piperidine rings is 1. The monoisotopic (exact) mass is 243 g/mol. The summed E-state index contributed by atoms with van der Waals surface area (Å²) in [6, 6.07) is 0. The number of nitrogens with zero attached hydrogens (tertiary/aromatic N) is 1. The number of likely N-dealkylation sites (tertiary alicyclic amines) is 1. The first-order valence-corrected chi connectivity index (χ1v) is 6.04. The van der Waals surface area contributed by atoms with Gasteiger partial charge in [0, 0.05) is 19.0 Å². The number of aliphatic hydroxyl groups excluding tert-OH is 1. The Bertz CT molecular complexity index is 305. The van der Waals surface area contributed by atoms with Gasteiger partial charge in [0.25, 0.3) is 0 Å². The third-order valence-electron chi connectivity index (χ3n) is 3.70. The summed E-state index contributed by atoms with van der Waals surface area (Å²) in [4.78, 5) is 24.6. The minimum atomic E-state index is -0.948. The van der Waals surface area contributed by atoms with E-state index in [0.717, 1.165) is 0 Å². The minimum Gasteiger partial charge on any atom is -0.481 e. The topological polar surface area (TPSA) is 77.8 Å². The van der Waals surface area contributed by atoms with Crippen molar-refractivity contribution < 1.29 is 19.8 Å². The maximum absolute atomic E-state index is 12.1. The zero-order chi connectivity index (χ0) is 13.2. The highest BCUT2D eigenvalue weighted by atomic mass is 16.4. The highest BCUT2D eigenvalue weighted by molar-refractivity contribution is 5.84. The van der Waals surface area contributed by atoms with Crippen molar-refractivity contribution in [1.29, 1.82) is 0 Å². The van der Waals surface area contributed by atoms with Gasteiger partial charge in [0.15, 0.2) is 0 Å². The van der Waals surface area contributed by atoms with E-state index in [1.54, 1.807) is 18.7 Å². The van der Waals surface area contributed by atoms with Crippen LogP contribution in [0.4, 0.5) is 0 Å². The predicted octanol–water partition coefficient (Wildman–Crippen LogP) is 0.572. The van der Waals surface area contributed by atoms with E-state index >= 15 is 0 Å². The number of aliphatic carboxylic acids is 1. The first-order chi connectivity index (χ1) is 7.84. The number of carboxylic acid groups (broad SMARTS) is 1. The van der Waals surface area contributed by atoms with E-state index in [0.29, 0.717) is 19.5 Å². The molecular formula is C12H21NO4. The molecule has 0 aliphatic carbocycles. The second-order valence-corrected chi connectivity index (χ2v) is 5.03. The molecule has 4 atom stereocenters. The van der Waals surface area contributed by atoms with Gasteiger partial charge in [-0.3, -0.25) is 9.59 Å². The van der Waals surface area contributed by atoms with Gasteiger partial charge in [0.05, 0.1) is 12.0 Å². The molecule has 0 aromatic heterocycles. The van der Waals surface area contributed by atoms with Crippen molar-refractivity contribution in [1.82, 2.24) is 4.90 Å². The van der Waals surface area contributed by atoms with Crippen molar-refractivity contribution in [2.24, 2.45) is 17.8 Å².